The van der Waals surface area contributed by atoms with Gasteiger partial charge in [-0.05, 0) is 29.0 Å². The SMILES string of the molecule is O=C(C=Cc1cnc(N2CCN(S(=O)(=O)c3ccc4ccccc4c3)CC2)s1)NO. The summed E-state index contributed by atoms with van der Waals surface area (Å²) < 4.78 is 27.7. The van der Waals surface area contributed by atoms with Gasteiger partial charge in [0, 0.05) is 43.3 Å². The third-order valence-corrected chi connectivity index (χ3v) is 7.81. The van der Waals surface area contributed by atoms with E-state index in [1.165, 1.54) is 27.2 Å². The lowest BCUT2D eigenvalue weighted by Gasteiger charge is -2.33. The zero-order valence-corrected chi connectivity index (χ0v) is 17.6. The van der Waals surface area contributed by atoms with E-state index in [1.807, 2.05) is 35.2 Å². The predicted molar refractivity (Wildman–Crippen MR) is 116 cm³/mol. The Hall–Kier alpha value is -2.79. The lowest BCUT2D eigenvalue weighted by molar-refractivity contribution is -0.124. The van der Waals surface area contributed by atoms with Crippen LogP contribution in [0.3, 0.4) is 0 Å². The van der Waals surface area contributed by atoms with Crippen LogP contribution in [-0.2, 0) is 14.8 Å². The van der Waals surface area contributed by atoms with Gasteiger partial charge in [-0.3, -0.25) is 10.0 Å². The van der Waals surface area contributed by atoms with Crippen LogP contribution in [-0.4, -0.2) is 55.0 Å². The maximum atomic E-state index is 13.1. The first-order valence-electron chi connectivity index (χ1n) is 9.29. The number of nitrogens with zero attached hydrogens (tertiary/aromatic N) is 3. The third kappa shape index (κ3) is 4.21. The highest BCUT2D eigenvalue weighted by Crippen LogP contribution is 2.27. The summed E-state index contributed by atoms with van der Waals surface area (Å²) in [6.07, 6.45) is 4.41. The summed E-state index contributed by atoms with van der Waals surface area (Å²) in [5, 5.41) is 11.2. The van der Waals surface area contributed by atoms with Crippen LogP contribution < -0.4 is 10.4 Å². The molecule has 0 unspecified atom stereocenters. The zero-order chi connectivity index (χ0) is 21.1. The minimum absolute atomic E-state index is 0.304. The van der Waals surface area contributed by atoms with Crippen molar-refractivity contribution in [2.45, 2.75) is 4.90 Å². The van der Waals surface area contributed by atoms with Gasteiger partial charge in [0.1, 0.15) is 0 Å². The van der Waals surface area contributed by atoms with Crippen LogP contribution >= 0.6 is 11.3 Å². The molecule has 10 heteroatoms. The number of hydroxylamine groups is 1. The number of thiazole rings is 1. The normalized spacial score (nSPS) is 15.7. The first kappa shape index (κ1) is 20.5. The summed E-state index contributed by atoms with van der Waals surface area (Å²) >= 11 is 1.40. The summed E-state index contributed by atoms with van der Waals surface area (Å²) in [5.74, 6) is -0.613. The van der Waals surface area contributed by atoms with Gasteiger partial charge in [0.05, 0.1) is 4.90 Å². The molecule has 156 valence electrons. The van der Waals surface area contributed by atoms with Crippen molar-refractivity contribution in [3.05, 3.63) is 59.6 Å². The number of hydrogen-bond donors (Lipinski definition) is 2. The molecule has 0 spiro atoms. The number of hydrogen-bond acceptors (Lipinski definition) is 7. The van der Waals surface area contributed by atoms with Crippen LogP contribution in [0.2, 0.25) is 0 Å². The monoisotopic (exact) mass is 444 g/mol. The highest BCUT2D eigenvalue weighted by molar-refractivity contribution is 7.89. The number of anilines is 1. The van der Waals surface area contributed by atoms with Crippen LogP contribution in [0.15, 0.2) is 59.6 Å². The molecule has 0 atom stereocenters. The molecule has 2 aromatic carbocycles. The Kier molecular flexibility index (Phi) is 5.82. The second-order valence-corrected chi connectivity index (χ2v) is 9.73. The molecule has 1 aliphatic rings. The zero-order valence-electron chi connectivity index (χ0n) is 15.9. The highest BCUT2D eigenvalue weighted by Gasteiger charge is 2.29. The molecule has 1 aromatic heterocycles. The van der Waals surface area contributed by atoms with E-state index in [1.54, 1.807) is 24.4 Å². The lowest BCUT2D eigenvalue weighted by atomic mass is 10.1. The fourth-order valence-electron chi connectivity index (χ4n) is 3.29. The first-order valence-corrected chi connectivity index (χ1v) is 11.5. The van der Waals surface area contributed by atoms with E-state index in [-0.39, 0.29) is 0 Å². The number of sulfonamides is 1. The van der Waals surface area contributed by atoms with E-state index in [9.17, 15) is 13.2 Å². The molecule has 2 N–H and O–H groups in total. The number of aromatic nitrogens is 1. The van der Waals surface area contributed by atoms with Crippen molar-refractivity contribution in [2.75, 3.05) is 31.1 Å². The van der Waals surface area contributed by atoms with Gasteiger partial charge >= 0.3 is 0 Å². The first-order chi connectivity index (χ1) is 14.5. The Morgan fingerprint density at radius 1 is 1.10 bits per heavy atom. The van der Waals surface area contributed by atoms with E-state index >= 15 is 0 Å². The van der Waals surface area contributed by atoms with Gasteiger partial charge in [0.2, 0.25) is 10.0 Å². The maximum absolute atomic E-state index is 13.1. The van der Waals surface area contributed by atoms with Gasteiger partial charge in [-0.2, -0.15) is 4.31 Å². The van der Waals surface area contributed by atoms with Crippen LogP contribution in [0.4, 0.5) is 5.13 Å². The molecular formula is C20H20N4O4S2. The fraction of sp³-hybridized carbons (Fsp3) is 0.200. The molecule has 3 aromatic rings. The summed E-state index contributed by atoms with van der Waals surface area (Å²) in [4.78, 5) is 18.5. The largest absolute Gasteiger partial charge is 0.345 e. The molecule has 1 aliphatic heterocycles. The minimum atomic E-state index is -3.56. The van der Waals surface area contributed by atoms with E-state index in [0.29, 0.717) is 31.1 Å². The van der Waals surface area contributed by atoms with Crippen molar-refractivity contribution in [3.63, 3.8) is 0 Å². The Labute approximate surface area is 178 Å². The second kappa shape index (κ2) is 8.52. The molecule has 0 aliphatic carbocycles. The number of benzene rings is 2. The Morgan fingerprint density at radius 2 is 1.83 bits per heavy atom. The smallest absolute Gasteiger partial charge is 0.267 e. The van der Waals surface area contributed by atoms with Crippen LogP contribution in [0.25, 0.3) is 16.8 Å². The molecule has 0 radical (unpaired) electrons. The predicted octanol–water partition coefficient (Wildman–Crippen LogP) is 2.33. The van der Waals surface area contributed by atoms with Crippen LogP contribution in [0.5, 0.6) is 0 Å². The van der Waals surface area contributed by atoms with Crippen molar-refractivity contribution < 1.29 is 18.4 Å². The number of fused-ring (bicyclic) bond motifs is 1. The topological polar surface area (TPSA) is 103 Å². The standard InChI is InChI=1S/C20H20N4O4S2/c25-19(22-26)8-6-17-14-21-20(29-17)23-9-11-24(12-10-23)30(27,28)18-7-5-15-3-1-2-4-16(15)13-18/h1-8,13-14,26H,9-12H2,(H,22,25). The Morgan fingerprint density at radius 3 is 2.57 bits per heavy atom. The average Bonchev–Trinajstić information content (AvgIpc) is 3.26. The quantitative estimate of drug-likeness (QED) is 0.356. The van der Waals surface area contributed by atoms with Crippen LogP contribution in [0.1, 0.15) is 4.88 Å². The molecule has 0 saturated carbocycles. The minimum Gasteiger partial charge on any atom is -0.345 e. The number of carbonyl (C=O) groups excluding carboxylic acids is 1. The van der Waals surface area contributed by atoms with E-state index in [4.69, 9.17) is 5.21 Å². The van der Waals surface area contributed by atoms with E-state index in [2.05, 4.69) is 4.98 Å². The molecule has 8 nitrogen and oxygen atoms in total. The molecule has 30 heavy (non-hydrogen) atoms. The summed E-state index contributed by atoms with van der Waals surface area (Å²) in [6.45, 7) is 1.79. The molecule has 1 fully saturated rings. The van der Waals surface area contributed by atoms with Crippen molar-refractivity contribution in [1.29, 1.82) is 0 Å². The van der Waals surface area contributed by atoms with Gasteiger partial charge in [-0.15, -0.1) is 0 Å². The van der Waals surface area contributed by atoms with Gasteiger partial charge in [0.15, 0.2) is 5.13 Å². The van der Waals surface area contributed by atoms with Crippen LogP contribution in [0, 0.1) is 0 Å². The third-order valence-electron chi connectivity index (χ3n) is 4.89. The highest BCUT2D eigenvalue weighted by atomic mass is 32.2. The molecular weight excluding hydrogens is 424 g/mol. The second-order valence-electron chi connectivity index (χ2n) is 6.75. The maximum Gasteiger partial charge on any atom is 0.267 e. The van der Waals surface area contributed by atoms with Crippen molar-refractivity contribution in [2.24, 2.45) is 0 Å². The van der Waals surface area contributed by atoms with Crippen molar-refractivity contribution in [3.8, 4) is 0 Å². The number of piperazine rings is 1. The van der Waals surface area contributed by atoms with E-state index in [0.717, 1.165) is 20.8 Å². The number of carbonyl (C=O) groups is 1. The Bertz CT molecular complexity index is 1200. The molecule has 2 heterocycles. The number of nitrogens with one attached hydrogen (secondary N) is 1. The van der Waals surface area contributed by atoms with Gasteiger partial charge in [-0.1, -0.05) is 41.7 Å². The average molecular weight is 445 g/mol. The molecule has 1 amide bonds. The number of rotatable bonds is 5. The fourth-order valence-corrected chi connectivity index (χ4v) is 5.62. The molecule has 1 saturated heterocycles. The Balaban J connectivity index is 1.44. The molecule has 0 bridgehead atoms. The summed E-state index contributed by atoms with van der Waals surface area (Å²) in [7, 11) is -3.56. The van der Waals surface area contributed by atoms with Crippen molar-refractivity contribution in [1.82, 2.24) is 14.8 Å². The summed E-state index contributed by atoms with van der Waals surface area (Å²) in [5.41, 5.74) is 1.53. The summed E-state index contributed by atoms with van der Waals surface area (Å²) in [6, 6.07) is 12.9. The molecule has 4 rings (SSSR count). The van der Waals surface area contributed by atoms with E-state index < -0.39 is 15.9 Å². The van der Waals surface area contributed by atoms with Gasteiger partial charge in [0.25, 0.3) is 5.91 Å². The van der Waals surface area contributed by atoms with Crippen molar-refractivity contribution >= 4 is 49.2 Å². The van der Waals surface area contributed by atoms with Gasteiger partial charge < -0.3 is 4.90 Å². The lowest BCUT2D eigenvalue weighted by Crippen LogP contribution is -2.48. The number of amides is 1. The van der Waals surface area contributed by atoms with Gasteiger partial charge in [-0.25, -0.2) is 18.9 Å².